The van der Waals surface area contributed by atoms with Crippen molar-refractivity contribution in [1.29, 1.82) is 0 Å². The summed E-state index contributed by atoms with van der Waals surface area (Å²) < 4.78 is 76.9. The highest BCUT2D eigenvalue weighted by atomic mass is 32.2. The lowest BCUT2D eigenvalue weighted by Gasteiger charge is -2.30. The van der Waals surface area contributed by atoms with Gasteiger partial charge in [-0.05, 0) is 56.4 Å². The van der Waals surface area contributed by atoms with E-state index < -0.39 is 27.5 Å². The number of benzene rings is 2. The number of piperidine rings is 1. The SMILES string of the molecule is CCOCCCn1c(SCc2cc(F)cc(F)c2F)nc2cc(S(=O)(=O)N3CCC[C@H](C)C3)ccc21. The van der Waals surface area contributed by atoms with Crippen LogP contribution in [0.15, 0.2) is 40.4 Å². The smallest absolute Gasteiger partial charge is 0.243 e. The number of nitrogens with zero attached hydrogens (tertiary/aromatic N) is 3. The fraction of sp³-hybridized carbons (Fsp3) is 0.480. The molecule has 4 rings (SSSR count). The highest BCUT2D eigenvalue weighted by Gasteiger charge is 2.29. The van der Waals surface area contributed by atoms with Gasteiger partial charge in [0.25, 0.3) is 0 Å². The first-order valence-electron chi connectivity index (χ1n) is 12.0. The van der Waals surface area contributed by atoms with Crippen LogP contribution in [0, 0.1) is 23.4 Å². The van der Waals surface area contributed by atoms with Crippen LogP contribution in [-0.4, -0.2) is 48.6 Å². The van der Waals surface area contributed by atoms with Crippen LogP contribution in [0.4, 0.5) is 13.2 Å². The minimum Gasteiger partial charge on any atom is -0.382 e. The van der Waals surface area contributed by atoms with E-state index in [1.807, 2.05) is 18.4 Å². The van der Waals surface area contributed by atoms with Crippen LogP contribution < -0.4 is 0 Å². The highest BCUT2D eigenvalue weighted by molar-refractivity contribution is 7.98. The molecule has 2 aromatic carbocycles. The molecule has 1 aromatic heterocycles. The van der Waals surface area contributed by atoms with Crippen molar-refractivity contribution < 1.29 is 26.3 Å². The van der Waals surface area contributed by atoms with Crippen LogP contribution in [0.3, 0.4) is 0 Å². The lowest BCUT2D eigenvalue weighted by molar-refractivity contribution is 0.141. The number of imidazole rings is 1. The zero-order valence-electron chi connectivity index (χ0n) is 20.3. The van der Waals surface area contributed by atoms with Gasteiger partial charge in [0, 0.05) is 50.2 Å². The number of ether oxygens (including phenoxy) is 1. The Balaban J connectivity index is 1.65. The van der Waals surface area contributed by atoms with E-state index in [2.05, 4.69) is 4.98 Å². The summed E-state index contributed by atoms with van der Waals surface area (Å²) in [5, 5.41) is 0.506. The van der Waals surface area contributed by atoms with Crippen LogP contribution in [0.25, 0.3) is 11.0 Å². The van der Waals surface area contributed by atoms with Gasteiger partial charge in [0.1, 0.15) is 5.82 Å². The zero-order chi connectivity index (χ0) is 25.9. The average Bonchev–Trinajstić information content (AvgIpc) is 3.19. The number of rotatable bonds is 10. The molecule has 1 atom stereocenters. The van der Waals surface area contributed by atoms with E-state index in [9.17, 15) is 21.6 Å². The Hall–Kier alpha value is -2.08. The molecule has 11 heteroatoms. The summed E-state index contributed by atoms with van der Waals surface area (Å²) in [6.45, 7) is 6.60. The standard InChI is InChI=1S/C25H30F3N3O3S2/c1-3-34-11-5-10-31-23-8-7-20(36(32,33)30-9-4-6-17(2)15-30)14-22(23)29-25(31)35-16-18-12-19(26)13-21(27)24(18)28/h7-8,12-14,17H,3-6,9-11,15-16H2,1-2H3/t17-/m0/s1. The molecule has 1 saturated heterocycles. The molecule has 36 heavy (non-hydrogen) atoms. The molecule has 0 bridgehead atoms. The summed E-state index contributed by atoms with van der Waals surface area (Å²) in [4.78, 5) is 4.81. The number of hydrogen-bond acceptors (Lipinski definition) is 5. The molecule has 0 amide bonds. The first-order valence-corrected chi connectivity index (χ1v) is 14.5. The van der Waals surface area contributed by atoms with Gasteiger partial charge in [-0.3, -0.25) is 0 Å². The van der Waals surface area contributed by atoms with Gasteiger partial charge in [-0.25, -0.2) is 26.6 Å². The molecule has 0 N–H and O–H groups in total. The number of fused-ring (bicyclic) bond motifs is 1. The molecule has 3 aromatic rings. The monoisotopic (exact) mass is 541 g/mol. The van der Waals surface area contributed by atoms with E-state index in [-0.39, 0.29) is 16.2 Å². The maximum absolute atomic E-state index is 14.2. The Bertz CT molecular complexity index is 1330. The summed E-state index contributed by atoms with van der Waals surface area (Å²) in [6.07, 6.45) is 2.52. The van der Waals surface area contributed by atoms with E-state index in [0.717, 1.165) is 36.2 Å². The maximum Gasteiger partial charge on any atom is 0.243 e. The molecule has 1 aliphatic rings. The predicted octanol–water partition coefficient (Wildman–Crippen LogP) is 5.59. The van der Waals surface area contributed by atoms with Crippen molar-refractivity contribution in [2.24, 2.45) is 5.92 Å². The zero-order valence-corrected chi connectivity index (χ0v) is 22.0. The molecular weight excluding hydrogens is 511 g/mol. The van der Waals surface area contributed by atoms with Crippen LogP contribution in [0.5, 0.6) is 0 Å². The Morgan fingerprint density at radius 2 is 2.00 bits per heavy atom. The third kappa shape index (κ3) is 5.90. The fourth-order valence-electron chi connectivity index (χ4n) is 4.41. The molecule has 0 saturated carbocycles. The molecule has 0 aliphatic carbocycles. The summed E-state index contributed by atoms with van der Waals surface area (Å²) in [7, 11) is -3.66. The van der Waals surface area contributed by atoms with Crippen LogP contribution in [-0.2, 0) is 27.1 Å². The van der Waals surface area contributed by atoms with E-state index in [1.165, 1.54) is 4.31 Å². The van der Waals surface area contributed by atoms with Crippen molar-refractivity contribution in [3.05, 3.63) is 53.3 Å². The molecule has 6 nitrogen and oxygen atoms in total. The number of aryl methyl sites for hydroxylation is 1. The lowest BCUT2D eigenvalue weighted by Crippen LogP contribution is -2.39. The summed E-state index contributed by atoms with van der Waals surface area (Å²) >= 11 is 1.14. The molecule has 0 spiro atoms. The van der Waals surface area contributed by atoms with E-state index >= 15 is 0 Å². The third-order valence-corrected chi connectivity index (χ3v) is 9.13. The van der Waals surface area contributed by atoms with Gasteiger partial charge >= 0.3 is 0 Å². The van der Waals surface area contributed by atoms with Gasteiger partial charge < -0.3 is 9.30 Å². The second kappa shape index (κ2) is 11.5. The van der Waals surface area contributed by atoms with Crippen molar-refractivity contribution in [2.75, 3.05) is 26.3 Å². The normalized spacial score (nSPS) is 17.2. The predicted molar refractivity (Wildman–Crippen MR) is 134 cm³/mol. The number of aromatic nitrogens is 2. The van der Waals surface area contributed by atoms with Crippen molar-refractivity contribution in [3.8, 4) is 0 Å². The Labute approximate surface area is 213 Å². The third-order valence-electron chi connectivity index (χ3n) is 6.24. The summed E-state index contributed by atoms with van der Waals surface area (Å²) in [5.74, 6) is -2.91. The van der Waals surface area contributed by atoms with Crippen LogP contribution in [0.1, 0.15) is 38.7 Å². The van der Waals surface area contributed by atoms with Gasteiger partial charge in [-0.2, -0.15) is 4.31 Å². The van der Waals surface area contributed by atoms with Gasteiger partial charge in [0.05, 0.1) is 15.9 Å². The van der Waals surface area contributed by atoms with Gasteiger partial charge in [0.2, 0.25) is 10.0 Å². The Kier molecular flexibility index (Phi) is 8.64. The molecule has 2 heterocycles. The fourth-order valence-corrected chi connectivity index (χ4v) is 7.04. The Morgan fingerprint density at radius 1 is 1.19 bits per heavy atom. The quantitative estimate of drug-likeness (QED) is 0.190. The molecule has 1 aliphatic heterocycles. The minimum absolute atomic E-state index is 0.0356. The largest absolute Gasteiger partial charge is 0.382 e. The molecule has 0 unspecified atom stereocenters. The maximum atomic E-state index is 14.2. The molecule has 0 radical (unpaired) electrons. The van der Waals surface area contributed by atoms with Gasteiger partial charge in [-0.1, -0.05) is 18.7 Å². The highest BCUT2D eigenvalue weighted by Crippen LogP contribution is 2.31. The van der Waals surface area contributed by atoms with E-state index in [4.69, 9.17) is 4.74 Å². The second-order valence-electron chi connectivity index (χ2n) is 9.01. The minimum atomic E-state index is -3.66. The van der Waals surface area contributed by atoms with Crippen LogP contribution >= 0.6 is 11.8 Å². The lowest BCUT2D eigenvalue weighted by atomic mass is 10.0. The first kappa shape index (κ1) is 27.0. The molecular formula is C25H30F3N3O3S2. The van der Waals surface area contributed by atoms with Crippen molar-refractivity contribution in [3.63, 3.8) is 0 Å². The number of thioether (sulfide) groups is 1. The number of hydrogen-bond donors (Lipinski definition) is 0. The van der Waals surface area contributed by atoms with E-state index in [1.54, 1.807) is 18.2 Å². The molecule has 196 valence electrons. The first-order chi connectivity index (χ1) is 17.2. The summed E-state index contributed by atoms with van der Waals surface area (Å²) in [6, 6.07) is 6.37. The van der Waals surface area contributed by atoms with Crippen molar-refractivity contribution in [1.82, 2.24) is 13.9 Å². The number of halogens is 3. The average molecular weight is 542 g/mol. The van der Waals surface area contributed by atoms with Gasteiger partial charge in [0.15, 0.2) is 16.8 Å². The molecule has 1 fully saturated rings. The van der Waals surface area contributed by atoms with Gasteiger partial charge in [-0.15, -0.1) is 0 Å². The summed E-state index contributed by atoms with van der Waals surface area (Å²) in [5.41, 5.74) is 1.12. The van der Waals surface area contributed by atoms with Crippen molar-refractivity contribution in [2.45, 2.75) is 55.5 Å². The Morgan fingerprint density at radius 3 is 2.75 bits per heavy atom. The van der Waals surface area contributed by atoms with Crippen LogP contribution in [0.2, 0.25) is 0 Å². The van der Waals surface area contributed by atoms with E-state index in [0.29, 0.717) is 61.9 Å². The number of sulfonamides is 1. The topological polar surface area (TPSA) is 64.4 Å². The van der Waals surface area contributed by atoms with Crippen molar-refractivity contribution >= 4 is 32.8 Å². The second-order valence-corrected chi connectivity index (χ2v) is 11.9.